The number of carbonyl (C=O) groups excluding carboxylic acids is 3. The molecule has 0 atom stereocenters. The number of nitrogens with one attached hydrogen (secondary N) is 1. The van der Waals surface area contributed by atoms with Crippen LogP contribution in [0.5, 0.6) is 5.75 Å². The first kappa shape index (κ1) is 25.3. The topological polar surface area (TPSA) is 75.7 Å². The van der Waals surface area contributed by atoms with Gasteiger partial charge in [0.25, 0.3) is 17.1 Å². The third-order valence-electron chi connectivity index (χ3n) is 6.37. The lowest BCUT2D eigenvalue weighted by Crippen LogP contribution is -2.27. The van der Waals surface area contributed by atoms with Crippen LogP contribution in [0.25, 0.3) is 16.8 Å². The maximum atomic E-state index is 13.0. The summed E-state index contributed by atoms with van der Waals surface area (Å²) in [4.78, 5) is 39.5. The van der Waals surface area contributed by atoms with Gasteiger partial charge in [0.2, 0.25) is 0 Å². The highest BCUT2D eigenvalue weighted by Crippen LogP contribution is 2.34. The van der Waals surface area contributed by atoms with E-state index in [0.29, 0.717) is 10.7 Å². The molecule has 0 spiro atoms. The largest absolute Gasteiger partial charge is 0.484 e. The van der Waals surface area contributed by atoms with E-state index in [1.54, 1.807) is 30.3 Å². The average molecular weight is 523 g/mol. The Kier molecular flexibility index (Phi) is 7.29. The van der Waals surface area contributed by atoms with Crippen molar-refractivity contribution in [1.82, 2.24) is 4.90 Å². The second kappa shape index (κ2) is 10.9. The summed E-state index contributed by atoms with van der Waals surface area (Å²) in [5, 5.41) is 4.72. The molecule has 1 fully saturated rings. The standard InChI is InChI=1S/C31H26N2O4S/c1-20-7-12-26(15-21(20)2)32-29(34)19-37-27-13-9-22(10-14-27)17-28-30(35)33(31(36)38-28)18-23-8-11-24-5-3-4-6-25(24)16-23/h3-17H,18-19H2,1-2H3,(H,32,34)/b28-17-. The fourth-order valence-corrected chi connectivity index (χ4v) is 4.97. The van der Waals surface area contributed by atoms with E-state index in [1.807, 2.05) is 74.5 Å². The number of thioether (sulfide) groups is 1. The van der Waals surface area contributed by atoms with Crippen molar-refractivity contribution in [2.24, 2.45) is 0 Å². The van der Waals surface area contributed by atoms with E-state index in [0.717, 1.165) is 50.5 Å². The number of benzene rings is 4. The van der Waals surface area contributed by atoms with Crippen molar-refractivity contribution in [2.75, 3.05) is 11.9 Å². The van der Waals surface area contributed by atoms with E-state index in [9.17, 15) is 14.4 Å². The molecule has 38 heavy (non-hydrogen) atoms. The molecule has 1 aliphatic heterocycles. The van der Waals surface area contributed by atoms with E-state index in [4.69, 9.17) is 4.74 Å². The normalized spacial score (nSPS) is 14.4. The average Bonchev–Trinajstić information content (AvgIpc) is 3.17. The van der Waals surface area contributed by atoms with Gasteiger partial charge in [-0.1, -0.05) is 54.6 Å². The Balaban J connectivity index is 1.18. The zero-order valence-corrected chi connectivity index (χ0v) is 21.9. The highest BCUT2D eigenvalue weighted by atomic mass is 32.2. The van der Waals surface area contributed by atoms with Gasteiger partial charge in [-0.15, -0.1) is 0 Å². The first-order chi connectivity index (χ1) is 18.4. The van der Waals surface area contributed by atoms with Gasteiger partial charge in [-0.3, -0.25) is 19.3 Å². The monoisotopic (exact) mass is 522 g/mol. The number of hydrogen-bond donors (Lipinski definition) is 1. The summed E-state index contributed by atoms with van der Waals surface area (Å²) in [6.07, 6.45) is 1.70. The predicted molar refractivity (Wildman–Crippen MR) is 152 cm³/mol. The van der Waals surface area contributed by atoms with Crippen LogP contribution in [0.3, 0.4) is 0 Å². The minimum atomic E-state index is -0.309. The predicted octanol–water partition coefficient (Wildman–Crippen LogP) is 6.71. The van der Waals surface area contributed by atoms with E-state index < -0.39 is 0 Å². The molecule has 0 saturated carbocycles. The van der Waals surface area contributed by atoms with E-state index in [2.05, 4.69) is 5.32 Å². The number of imide groups is 1. The maximum absolute atomic E-state index is 13.0. The third kappa shape index (κ3) is 5.79. The number of fused-ring (bicyclic) bond motifs is 1. The van der Waals surface area contributed by atoms with Crippen molar-refractivity contribution in [3.05, 3.63) is 112 Å². The third-order valence-corrected chi connectivity index (χ3v) is 7.27. The lowest BCUT2D eigenvalue weighted by Gasteiger charge is -2.13. The highest BCUT2D eigenvalue weighted by molar-refractivity contribution is 8.18. The van der Waals surface area contributed by atoms with Gasteiger partial charge in [0.15, 0.2) is 6.61 Å². The molecule has 0 aromatic heterocycles. The first-order valence-electron chi connectivity index (χ1n) is 12.2. The fourth-order valence-electron chi connectivity index (χ4n) is 4.13. The molecule has 190 valence electrons. The molecule has 0 radical (unpaired) electrons. The number of amides is 3. The Hall–Kier alpha value is -4.36. The number of aryl methyl sites for hydroxylation is 2. The SMILES string of the molecule is Cc1ccc(NC(=O)COc2ccc(/C=C3\SC(=O)N(Cc4ccc5ccccc5c4)C3=O)cc2)cc1C. The van der Waals surface area contributed by atoms with Crippen LogP contribution >= 0.6 is 11.8 Å². The number of rotatable bonds is 7. The summed E-state index contributed by atoms with van der Waals surface area (Å²) >= 11 is 0.935. The Labute approximate surface area is 225 Å². The molecule has 1 heterocycles. The van der Waals surface area contributed by atoms with Gasteiger partial charge in [-0.05, 0) is 95.0 Å². The smallest absolute Gasteiger partial charge is 0.293 e. The van der Waals surface area contributed by atoms with Crippen molar-refractivity contribution < 1.29 is 19.1 Å². The second-order valence-corrected chi connectivity index (χ2v) is 10.1. The lowest BCUT2D eigenvalue weighted by molar-refractivity contribution is -0.123. The minimum Gasteiger partial charge on any atom is -0.484 e. The molecule has 0 aliphatic carbocycles. The van der Waals surface area contributed by atoms with Gasteiger partial charge in [0, 0.05) is 5.69 Å². The molecular formula is C31H26N2O4S. The lowest BCUT2D eigenvalue weighted by atomic mass is 10.1. The summed E-state index contributed by atoms with van der Waals surface area (Å²) in [7, 11) is 0. The van der Waals surface area contributed by atoms with Gasteiger partial charge in [0.05, 0.1) is 11.4 Å². The fraction of sp³-hybridized carbons (Fsp3) is 0.129. The molecule has 4 aromatic carbocycles. The molecule has 0 bridgehead atoms. The summed E-state index contributed by atoms with van der Waals surface area (Å²) in [6.45, 7) is 4.11. The quantitative estimate of drug-likeness (QED) is 0.273. The molecule has 5 rings (SSSR count). The van der Waals surface area contributed by atoms with Crippen LogP contribution in [0.4, 0.5) is 10.5 Å². The zero-order valence-electron chi connectivity index (χ0n) is 21.1. The van der Waals surface area contributed by atoms with Crippen LogP contribution in [-0.2, 0) is 16.1 Å². The molecule has 6 nitrogen and oxygen atoms in total. The van der Waals surface area contributed by atoms with Crippen LogP contribution in [0.1, 0.15) is 22.3 Å². The Morgan fingerprint density at radius 1 is 0.895 bits per heavy atom. The summed E-state index contributed by atoms with van der Waals surface area (Å²) in [6, 6.07) is 26.7. The molecule has 0 unspecified atom stereocenters. The minimum absolute atomic E-state index is 0.125. The molecule has 1 saturated heterocycles. The number of nitrogens with zero attached hydrogens (tertiary/aromatic N) is 1. The summed E-state index contributed by atoms with van der Waals surface area (Å²) in [5.74, 6) is -0.0317. The van der Waals surface area contributed by atoms with Crippen LogP contribution in [-0.4, -0.2) is 28.6 Å². The maximum Gasteiger partial charge on any atom is 0.293 e. The molecule has 4 aromatic rings. The highest BCUT2D eigenvalue weighted by Gasteiger charge is 2.35. The molecule has 3 amide bonds. The summed E-state index contributed by atoms with van der Waals surface area (Å²) in [5.41, 5.74) is 4.65. The van der Waals surface area contributed by atoms with Crippen molar-refractivity contribution >= 4 is 51.4 Å². The number of hydrogen-bond acceptors (Lipinski definition) is 5. The Bertz CT molecular complexity index is 1580. The number of anilines is 1. The summed E-state index contributed by atoms with van der Waals surface area (Å²) < 4.78 is 5.60. The van der Waals surface area contributed by atoms with Crippen molar-refractivity contribution in [2.45, 2.75) is 20.4 Å². The second-order valence-electron chi connectivity index (χ2n) is 9.15. The molecule has 1 aliphatic rings. The first-order valence-corrected chi connectivity index (χ1v) is 13.0. The van der Waals surface area contributed by atoms with Crippen LogP contribution in [0.15, 0.2) is 89.8 Å². The van der Waals surface area contributed by atoms with Crippen LogP contribution < -0.4 is 10.1 Å². The van der Waals surface area contributed by atoms with Crippen molar-refractivity contribution in [3.8, 4) is 5.75 Å². The molecule has 1 N–H and O–H groups in total. The van der Waals surface area contributed by atoms with E-state index >= 15 is 0 Å². The van der Waals surface area contributed by atoms with Gasteiger partial charge in [-0.2, -0.15) is 0 Å². The van der Waals surface area contributed by atoms with Crippen LogP contribution in [0.2, 0.25) is 0 Å². The van der Waals surface area contributed by atoms with Gasteiger partial charge >= 0.3 is 0 Å². The van der Waals surface area contributed by atoms with Gasteiger partial charge in [0.1, 0.15) is 5.75 Å². The molecule has 7 heteroatoms. The van der Waals surface area contributed by atoms with Gasteiger partial charge in [-0.25, -0.2) is 0 Å². The van der Waals surface area contributed by atoms with E-state index in [-0.39, 0.29) is 30.2 Å². The molecular weight excluding hydrogens is 496 g/mol. The number of ether oxygens (including phenoxy) is 1. The van der Waals surface area contributed by atoms with Crippen LogP contribution in [0, 0.1) is 13.8 Å². The Morgan fingerprint density at radius 3 is 2.42 bits per heavy atom. The van der Waals surface area contributed by atoms with E-state index in [1.165, 1.54) is 4.90 Å². The van der Waals surface area contributed by atoms with Crippen molar-refractivity contribution in [1.29, 1.82) is 0 Å². The van der Waals surface area contributed by atoms with Gasteiger partial charge < -0.3 is 10.1 Å². The zero-order chi connectivity index (χ0) is 26.6. The Morgan fingerprint density at radius 2 is 1.66 bits per heavy atom. The van der Waals surface area contributed by atoms with Crippen molar-refractivity contribution in [3.63, 3.8) is 0 Å². The number of carbonyl (C=O) groups is 3.